The Hall–Kier alpha value is -2.08. The molecule has 0 spiro atoms. The fourth-order valence-electron chi connectivity index (χ4n) is 4.13. The van der Waals surface area contributed by atoms with E-state index in [1.807, 2.05) is 30.1 Å². The fraction of sp³-hybridized carbons (Fsp3) is 0.579. The summed E-state index contributed by atoms with van der Waals surface area (Å²) in [6.07, 6.45) is 5.05. The van der Waals surface area contributed by atoms with E-state index in [4.69, 9.17) is 0 Å². The number of aromatic nitrogens is 2. The van der Waals surface area contributed by atoms with Gasteiger partial charge in [-0.25, -0.2) is 9.78 Å². The van der Waals surface area contributed by atoms with Gasteiger partial charge in [0.05, 0.1) is 17.6 Å². The number of likely N-dealkylation sites (tertiary alicyclic amines) is 2. The Bertz CT molecular complexity index is 749. The number of fused-ring (bicyclic) bond motifs is 1. The number of aryl methyl sites for hydroxylation is 1. The maximum Gasteiger partial charge on any atom is 0.317 e. The maximum absolute atomic E-state index is 12.5. The van der Waals surface area contributed by atoms with E-state index in [-0.39, 0.29) is 6.03 Å². The van der Waals surface area contributed by atoms with E-state index in [9.17, 15) is 4.79 Å². The van der Waals surface area contributed by atoms with E-state index >= 15 is 0 Å². The predicted octanol–water partition coefficient (Wildman–Crippen LogP) is 2.34. The first kappa shape index (κ1) is 16.4. The minimum absolute atomic E-state index is 0.0339. The van der Waals surface area contributed by atoms with Gasteiger partial charge >= 0.3 is 6.03 Å². The number of amides is 2. The van der Waals surface area contributed by atoms with Crippen molar-refractivity contribution in [1.82, 2.24) is 24.7 Å². The predicted molar refractivity (Wildman–Crippen MR) is 98.4 cm³/mol. The fourth-order valence-corrected chi connectivity index (χ4v) is 4.13. The molecule has 2 fully saturated rings. The molecule has 25 heavy (non-hydrogen) atoms. The van der Waals surface area contributed by atoms with Gasteiger partial charge in [0.15, 0.2) is 0 Å². The van der Waals surface area contributed by atoms with Crippen LogP contribution in [0.4, 0.5) is 4.79 Å². The molecule has 2 aliphatic heterocycles. The van der Waals surface area contributed by atoms with E-state index in [1.165, 1.54) is 32.4 Å². The van der Waals surface area contributed by atoms with Crippen molar-refractivity contribution in [2.45, 2.75) is 38.3 Å². The van der Waals surface area contributed by atoms with Gasteiger partial charge in [0.1, 0.15) is 5.82 Å². The number of para-hydroxylation sites is 2. The summed E-state index contributed by atoms with van der Waals surface area (Å²) >= 11 is 0. The third-order valence-electron chi connectivity index (χ3n) is 5.64. The van der Waals surface area contributed by atoms with Gasteiger partial charge in [-0.1, -0.05) is 18.6 Å². The third kappa shape index (κ3) is 3.35. The second-order valence-corrected chi connectivity index (χ2v) is 7.22. The van der Waals surface area contributed by atoms with Crippen molar-refractivity contribution in [2.24, 2.45) is 7.05 Å². The van der Waals surface area contributed by atoms with Crippen molar-refractivity contribution < 1.29 is 4.79 Å². The second kappa shape index (κ2) is 7.04. The number of carbonyl (C=O) groups is 1. The molecule has 3 heterocycles. The molecule has 0 bridgehead atoms. The molecule has 2 amide bonds. The van der Waals surface area contributed by atoms with Crippen molar-refractivity contribution in [3.8, 4) is 0 Å². The molecule has 1 aromatic carbocycles. The summed E-state index contributed by atoms with van der Waals surface area (Å²) in [4.78, 5) is 21.7. The zero-order valence-corrected chi connectivity index (χ0v) is 14.9. The molecule has 6 heteroatoms. The van der Waals surface area contributed by atoms with E-state index in [1.54, 1.807) is 0 Å². The highest BCUT2D eigenvalue weighted by atomic mass is 16.2. The summed E-state index contributed by atoms with van der Waals surface area (Å²) in [6, 6.07) is 8.63. The molecule has 0 saturated carbocycles. The molecular weight excluding hydrogens is 314 g/mol. The maximum atomic E-state index is 12.5. The number of rotatable bonds is 3. The number of nitrogens with zero attached hydrogens (tertiary/aromatic N) is 4. The number of imidazole rings is 1. The quantitative estimate of drug-likeness (QED) is 0.932. The van der Waals surface area contributed by atoms with Gasteiger partial charge in [0.2, 0.25) is 0 Å². The second-order valence-electron chi connectivity index (χ2n) is 7.22. The first-order valence-corrected chi connectivity index (χ1v) is 9.39. The standard InChI is InChI=1S/C19H27N5O/c1-22-17-8-4-3-7-16(17)21-18(22)13-20-19(25)24-12-9-15(14-24)23-10-5-2-6-11-23/h3-4,7-8,15H,2,5-6,9-14H2,1H3,(H,20,25)/t15-/m0/s1. The Balaban J connectivity index is 1.33. The third-order valence-corrected chi connectivity index (χ3v) is 5.64. The molecule has 0 unspecified atom stereocenters. The highest BCUT2D eigenvalue weighted by Gasteiger charge is 2.30. The van der Waals surface area contributed by atoms with Crippen LogP contribution >= 0.6 is 0 Å². The molecule has 1 atom stereocenters. The summed E-state index contributed by atoms with van der Waals surface area (Å²) in [6.45, 7) is 4.57. The molecule has 1 N–H and O–H groups in total. The lowest BCUT2D eigenvalue weighted by Crippen LogP contribution is -2.43. The molecule has 134 valence electrons. The van der Waals surface area contributed by atoms with Crippen LogP contribution in [0.5, 0.6) is 0 Å². The van der Waals surface area contributed by atoms with Crippen LogP contribution in [0.2, 0.25) is 0 Å². The minimum Gasteiger partial charge on any atom is -0.331 e. The van der Waals surface area contributed by atoms with Crippen molar-refractivity contribution in [2.75, 3.05) is 26.2 Å². The Morgan fingerprint density at radius 3 is 2.80 bits per heavy atom. The average molecular weight is 341 g/mol. The molecule has 6 nitrogen and oxygen atoms in total. The Kier molecular flexibility index (Phi) is 4.61. The van der Waals surface area contributed by atoms with Gasteiger partial charge in [-0.3, -0.25) is 4.90 Å². The Morgan fingerprint density at radius 2 is 2.00 bits per heavy atom. The summed E-state index contributed by atoms with van der Waals surface area (Å²) in [7, 11) is 2.00. The summed E-state index contributed by atoms with van der Waals surface area (Å²) in [5.74, 6) is 0.890. The smallest absolute Gasteiger partial charge is 0.317 e. The van der Waals surface area contributed by atoms with Crippen LogP contribution in [0.25, 0.3) is 11.0 Å². The number of hydrogen-bond donors (Lipinski definition) is 1. The van der Waals surface area contributed by atoms with E-state index in [0.29, 0.717) is 12.6 Å². The van der Waals surface area contributed by atoms with Gasteiger partial charge in [-0.05, 0) is 44.5 Å². The minimum atomic E-state index is 0.0339. The Morgan fingerprint density at radius 1 is 1.20 bits per heavy atom. The first-order chi connectivity index (χ1) is 12.2. The lowest BCUT2D eigenvalue weighted by atomic mass is 10.1. The van der Waals surface area contributed by atoms with E-state index in [0.717, 1.165) is 36.4 Å². The number of piperidine rings is 1. The van der Waals surface area contributed by atoms with Crippen LogP contribution < -0.4 is 5.32 Å². The molecule has 0 aliphatic carbocycles. The molecule has 2 saturated heterocycles. The van der Waals surface area contributed by atoms with Crippen LogP contribution in [0, 0.1) is 0 Å². The number of nitrogens with one attached hydrogen (secondary N) is 1. The lowest BCUT2D eigenvalue weighted by Gasteiger charge is -2.32. The van der Waals surface area contributed by atoms with Crippen LogP contribution in [0.15, 0.2) is 24.3 Å². The summed E-state index contributed by atoms with van der Waals surface area (Å²) < 4.78 is 2.05. The largest absolute Gasteiger partial charge is 0.331 e. The van der Waals surface area contributed by atoms with E-state index in [2.05, 4.69) is 25.8 Å². The summed E-state index contributed by atoms with van der Waals surface area (Å²) in [5, 5.41) is 3.05. The number of hydrogen-bond acceptors (Lipinski definition) is 3. The molecular formula is C19H27N5O. The highest BCUT2D eigenvalue weighted by Crippen LogP contribution is 2.20. The van der Waals surface area contributed by atoms with Gasteiger partial charge < -0.3 is 14.8 Å². The zero-order valence-electron chi connectivity index (χ0n) is 14.9. The van der Waals surface area contributed by atoms with Crippen molar-refractivity contribution >= 4 is 17.1 Å². The van der Waals surface area contributed by atoms with Crippen LogP contribution in [0.3, 0.4) is 0 Å². The topological polar surface area (TPSA) is 53.4 Å². The van der Waals surface area contributed by atoms with Crippen molar-refractivity contribution in [1.29, 1.82) is 0 Å². The normalized spacial score (nSPS) is 21.8. The lowest BCUT2D eigenvalue weighted by molar-refractivity contribution is 0.161. The molecule has 4 rings (SSSR count). The van der Waals surface area contributed by atoms with Gasteiger partial charge in [-0.2, -0.15) is 0 Å². The number of benzene rings is 1. The average Bonchev–Trinajstić information content (AvgIpc) is 3.26. The van der Waals surface area contributed by atoms with E-state index < -0.39 is 0 Å². The van der Waals surface area contributed by atoms with Crippen LogP contribution in [-0.4, -0.2) is 57.6 Å². The van der Waals surface area contributed by atoms with Crippen LogP contribution in [0.1, 0.15) is 31.5 Å². The Labute approximate surface area is 148 Å². The molecule has 0 radical (unpaired) electrons. The zero-order chi connectivity index (χ0) is 17.2. The monoisotopic (exact) mass is 341 g/mol. The molecule has 2 aromatic rings. The first-order valence-electron chi connectivity index (χ1n) is 9.39. The highest BCUT2D eigenvalue weighted by molar-refractivity contribution is 5.76. The van der Waals surface area contributed by atoms with Gasteiger partial charge in [0.25, 0.3) is 0 Å². The van der Waals surface area contributed by atoms with Crippen molar-refractivity contribution in [3.05, 3.63) is 30.1 Å². The van der Waals surface area contributed by atoms with Crippen LogP contribution in [-0.2, 0) is 13.6 Å². The number of carbonyl (C=O) groups excluding carboxylic acids is 1. The van der Waals surface area contributed by atoms with Gasteiger partial charge in [0, 0.05) is 26.2 Å². The van der Waals surface area contributed by atoms with Crippen molar-refractivity contribution in [3.63, 3.8) is 0 Å². The SMILES string of the molecule is Cn1c(CNC(=O)N2CC[C@H](N3CCCCC3)C2)nc2ccccc21. The molecule has 1 aromatic heterocycles. The summed E-state index contributed by atoms with van der Waals surface area (Å²) in [5.41, 5.74) is 2.07. The van der Waals surface area contributed by atoms with Gasteiger partial charge in [-0.15, -0.1) is 0 Å². The number of urea groups is 1. The molecule has 2 aliphatic rings.